The summed E-state index contributed by atoms with van der Waals surface area (Å²) >= 11 is 0. The van der Waals surface area contributed by atoms with Crippen molar-refractivity contribution in [2.45, 2.75) is 51.9 Å². The van der Waals surface area contributed by atoms with E-state index in [2.05, 4.69) is 43.5 Å². The van der Waals surface area contributed by atoms with Crippen molar-refractivity contribution in [2.75, 3.05) is 40.0 Å². The number of nitrogens with one attached hydrogen (secondary N) is 2. The van der Waals surface area contributed by atoms with E-state index in [1.54, 1.807) is 7.11 Å². The van der Waals surface area contributed by atoms with Crippen LogP contribution in [0.1, 0.15) is 52.0 Å². The number of methoxy groups -OCH3 is 1. The maximum absolute atomic E-state index is 5.64. The SMILES string of the molecule is CCNC(=NCC1(c2ccc(OC)cc2)CCOCC1)NCCCC(C)C. The molecule has 0 aliphatic carbocycles. The summed E-state index contributed by atoms with van der Waals surface area (Å²) in [6.07, 6.45) is 4.39. The standard InChI is InChI=1S/C22H37N3O2/c1-5-23-21(24-14-6-7-18(2)3)25-17-22(12-15-27-16-13-22)19-8-10-20(26-4)11-9-19/h8-11,18H,5-7,12-17H2,1-4H3,(H2,23,24,25). The number of rotatable bonds is 9. The summed E-state index contributed by atoms with van der Waals surface area (Å²) in [5.74, 6) is 2.55. The summed E-state index contributed by atoms with van der Waals surface area (Å²) < 4.78 is 11.0. The first kappa shape index (κ1) is 21.5. The van der Waals surface area contributed by atoms with Gasteiger partial charge in [-0.3, -0.25) is 4.99 Å². The van der Waals surface area contributed by atoms with E-state index < -0.39 is 0 Å². The zero-order valence-corrected chi connectivity index (χ0v) is 17.5. The van der Waals surface area contributed by atoms with E-state index in [-0.39, 0.29) is 5.41 Å². The van der Waals surface area contributed by atoms with Gasteiger partial charge in [0.05, 0.1) is 13.7 Å². The van der Waals surface area contributed by atoms with Crippen molar-refractivity contribution in [3.05, 3.63) is 29.8 Å². The van der Waals surface area contributed by atoms with Crippen molar-refractivity contribution < 1.29 is 9.47 Å². The first-order chi connectivity index (χ1) is 13.1. The minimum Gasteiger partial charge on any atom is -0.497 e. The summed E-state index contributed by atoms with van der Waals surface area (Å²) in [7, 11) is 1.71. The summed E-state index contributed by atoms with van der Waals surface area (Å²) in [6, 6.07) is 8.46. The van der Waals surface area contributed by atoms with Crippen LogP contribution < -0.4 is 15.4 Å². The summed E-state index contributed by atoms with van der Waals surface area (Å²) in [5.41, 5.74) is 1.36. The van der Waals surface area contributed by atoms with Gasteiger partial charge in [0.2, 0.25) is 0 Å². The predicted molar refractivity (Wildman–Crippen MR) is 113 cm³/mol. The van der Waals surface area contributed by atoms with Crippen LogP contribution in [0.25, 0.3) is 0 Å². The Hall–Kier alpha value is -1.75. The van der Waals surface area contributed by atoms with Crippen LogP contribution in [-0.2, 0) is 10.2 Å². The molecule has 1 aliphatic rings. The van der Waals surface area contributed by atoms with E-state index in [1.165, 1.54) is 18.4 Å². The molecule has 27 heavy (non-hydrogen) atoms. The van der Waals surface area contributed by atoms with Crippen molar-refractivity contribution in [1.82, 2.24) is 10.6 Å². The van der Waals surface area contributed by atoms with Gasteiger partial charge in [-0.05, 0) is 56.2 Å². The van der Waals surface area contributed by atoms with Gasteiger partial charge in [0.1, 0.15) is 5.75 Å². The minimum absolute atomic E-state index is 0.0325. The topological polar surface area (TPSA) is 54.9 Å². The fourth-order valence-electron chi connectivity index (χ4n) is 3.53. The summed E-state index contributed by atoms with van der Waals surface area (Å²) in [6.45, 7) is 10.8. The fourth-order valence-corrected chi connectivity index (χ4v) is 3.53. The quantitative estimate of drug-likeness (QED) is 0.392. The van der Waals surface area contributed by atoms with Crippen LogP contribution in [0.3, 0.4) is 0 Å². The number of nitrogens with zero attached hydrogens (tertiary/aromatic N) is 1. The van der Waals surface area contributed by atoms with Crippen LogP contribution in [0.5, 0.6) is 5.75 Å². The Morgan fingerprint density at radius 3 is 2.48 bits per heavy atom. The maximum Gasteiger partial charge on any atom is 0.191 e. The van der Waals surface area contributed by atoms with Crippen molar-refractivity contribution in [1.29, 1.82) is 0 Å². The molecule has 2 rings (SSSR count). The Labute approximate surface area is 164 Å². The Morgan fingerprint density at radius 2 is 1.89 bits per heavy atom. The highest BCUT2D eigenvalue weighted by molar-refractivity contribution is 5.79. The van der Waals surface area contributed by atoms with Gasteiger partial charge in [0, 0.05) is 31.7 Å². The number of ether oxygens (including phenoxy) is 2. The first-order valence-corrected chi connectivity index (χ1v) is 10.3. The lowest BCUT2D eigenvalue weighted by molar-refractivity contribution is 0.0531. The molecule has 0 radical (unpaired) electrons. The van der Waals surface area contributed by atoms with Crippen LogP contribution in [0.15, 0.2) is 29.3 Å². The molecule has 1 aromatic rings. The molecule has 2 N–H and O–H groups in total. The van der Waals surface area contributed by atoms with Gasteiger partial charge in [-0.25, -0.2) is 0 Å². The molecule has 0 spiro atoms. The Kier molecular flexibility index (Phi) is 8.92. The van der Waals surface area contributed by atoms with Gasteiger partial charge in [-0.1, -0.05) is 26.0 Å². The molecule has 1 saturated heterocycles. The Bertz CT molecular complexity index is 563. The fraction of sp³-hybridized carbons (Fsp3) is 0.682. The van der Waals surface area contributed by atoms with Gasteiger partial charge >= 0.3 is 0 Å². The smallest absolute Gasteiger partial charge is 0.191 e. The van der Waals surface area contributed by atoms with Crippen LogP contribution in [0, 0.1) is 5.92 Å². The Morgan fingerprint density at radius 1 is 1.19 bits per heavy atom. The third-order valence-corrected chi connectivity index (χ3v) is 5.29. The van der Waals surface area contributed by atoms with Crippen LogP contribution in [0.4, 0.5) is 0 Å². The lowest BCUT2D eigenvalue weighted by atomic mass is 9.74. The van der Waals surface area contributed by atoms with Crippen LogP contribution in [-0.4, -0.2) is 45.9 Å². The molecule has 0 saturated carbocycles. The lowest BCUT2D eigenvalue weighted by Crippen LogP contribution is -2.41. The average Bonchev–Trinajstić information content (AvgIpc) is 2.70. The number of benzene rings is 1. The summed E-state index contributed by atoms with van der Waals surface area (Å²) in [4.78, 5) is 4.95. The van der Waals surface area contributed by atoms with E-state index in [9.17, 15) is 0 Å². The van der Waals surface area contributed by atoms with Gasteiger partial charge in [0.15, 0.2) is 5.96 Å². The molecule has 5 heteroatoms. The van der Waals surface area contributed by atoms with E-state index in [4.69, 9.17) is 14.5 Å². The lowest BCUT2D eigenvalue weighted by Gasteiger charge is -2.36. The van der Waals surface area contributed by atoms with E-state index in [0.717, 1.165) is 63.3 Å². The molecule has 152 valence electrons. The first-order valence-electron chi connectivity index (χ1n) is 10.3. The maximum atomic E-state index is 5.64. The molecule has 1 fully saturated rings. The Balaban J connectivity index is 2.08. The van der Waals surface area contributed by atoms with Gasteiger partial charge < -0.3 is 20.1 Å². The molecular formula is C22H37N3O2. The van der Waals surface area contributed by atoms with E-state index in [1.807, 2.05) is 12.1 Å². The van der Waals surface area contributed by atoms with Gasteiger partial charge in [-0.15, -0.1) is 0 Å². The molecule has 0 amide bonds. The average molecular weight is 376 g/mol. The number of hydrogen-bond donors (Lipinski definition) is 2. The third-order valence-electron chi connectivity index (χ3n) is 5.29. The van der Waals surface area contributed by atoms with Crippen molar-refractivity contribution in [3.63, 3.8) is 0 Å². The minimum atomic E-state index is 0.0325. The molecule has 0 bridgehead atoms. The molecule has 1 aromatic carbocycles. The second-order valence-corrected chi connectivity index (χ2v) is 7.78. The number of guanidine groups is 1. The molecule has 0 aromatic heterocycles. The highest BCUT2D eigenvalue weighted by Gasteiger charge is 2.34. The van der Waals surface area contributed by atoms with Crippen molar-refractivity contribution >= 4 is 5.96 Å². The zero-order chi connectivity index (χ0) is 19.5. The van der Waals surface area contributed by atoms with Gasteiger partial charge in [0.25, 0.3) is 0 Å². The number of aliphatic imine (C=N–C) groups is 1. The second kappa shape index (κ2) is 11.2. The highest BCUT2D eigenvalue weighted by Crippen LogP contribution is 2.36. The molecule has 5 nitrogen and oxygen atoms in total. The van der Waals surface area contributed by atoms with E-state index >= 15 is 0 Å². The molecule has 1 heterocycles. The zero-order valence-electron chi connectivity index (χ0n) is 17.5. The van der Waals surface area contributed by atoms with Crippen molar-refractivity contribution in [3.8, 4) is 5.75 Å². The largest absolute Gasteiger partial charge is 0.497 e. The van der Waals surface area contributed by atoms with Crippen LogP contribution >= 0.6 is 0 Å². The summed E-state index contributed by atoms with van der Waals surface area (Å²) in [5, 5.41) is 6.88. The van der Waals surface area contributed by atoms with Crippen LogP contribution in [0.2, 0.25) is 0 Å². The van der Waals surface area contributed by atoms with Gasteiger partial charge in [-0.2, -0.15) is 0 Å². The molecular weight excluding hydrogens is 338 g/mol. The number of hydrogen-bond acceptors (Lipinski definition) is 3. The molecule has 1 aliphatic heterocycles. The monoisotopic (exact) mass is 375 g/mol. The normalized spacial score (nSPS) is 17.0. The second-order valence-electron chi connectivity index (χ2n) is 7.78. The third kappa shape index (κ3) is 6.73. The molecule has 0 unspecified atom stereocenters. The molecule has 0 atom stereocenters. The van der Waals surface area contributed by atoms with E-state index in [0.29, 0.717) is 0 Å². The predicted octanol–water partition coefficient (Wildman–Crippen LogP) is 3.73. The highest BCUT2D eigenvalue weighted by atomic mass is 16.5. The van der Waals surface area contributed by atoms with Crippen molar-refractivity contribution in [2.24, 2.45) is 10.9 Å².